The second kappa shape index (κ2) is 10.9. The van der Waals surface area contributed by atoms with E-state index in [9.17, 15) is 9.59 Å². The maximum atomic E-state index is 13.5. The summed E-state index contributed by atoms with van der Waals surface area (Å²) in [5, 5.41) is 3.69. The summed E-state index contributed by atoms with van der Waals surface area (Å²) in [5.74, 6) is -0.180. The molecule has 1 saturated heterocycles. The minimum Gasteiger partial charge on any atom is -0.323 e. The molecule has 0 radical (unpaired) electrons. The summed E-state index contributed by atoms with van der Waals surface area (Å²) in [6.45, 7) is 3.76. The first kappa shape index (κ1) is 25.3. The number of carbonyl (C=O) groups excluding carboxylic acids is 2. The number of nitrogens with zero attached hydrogens (tertiary/aromatic N) is 4. The van der Waals surface area contributed by atoms with E-state index in [1.165, 1.54) is 5.56 Å². The largest absolute Gasteiger partial charge is 0.323 e. The van der Waals surface area contributed by atoms with E-state index in [2.05, 4.69) is 46.4 Å². The van der Waals surface area contributed by atoms with Crippen molar-refractivity contribution in [1.82, 2.24) is 9.80 Å². The summed E-state index contributed by atoms with van der Waals surface area (Å²) in [4.78, 5) is 36.8. The van der Waals surface area contributed by atoms with E-state index in [-0.39, 0.29) is 18.2 Å². The molecule has 0 aliphatic carbocycles. The molecular formula is C28H27Cl2N5O2. The van der Waals surface area contributed by atoms with Gasteiger partial charge in [-0.15, -0.1) is 0 Å². The van der Waals surface area contributed by atoms with Gasteiger partial charge in [0.05, 0.1) is 30.5 Å². The van der Waals surface area contributed by atoms with Crippen molar-refractivity contribution >= 4 is 52.4 Å². The number of hydrogen-bond donors (Lipinski definition) is 1. The average molecular weight is 536 g/mol. The predicted molar refractivity (Wildman–Crippen MR) is 148 cm³/mol. The monoisotopic (exact) mass is 535 g/mol. The Morgan fingerprint density at radius 2 is 1.76 bits per heavy atom. The lowest BCUT2D eigenvalue weighted by Crippen LogP contribution is -2.65. The fourth-order valence-corrected chi connectivity index (χ4v) is 5.08. The molecule has 5 rings (SSSR count). The van der Waals surface area contributed by atoms with Crippen LogP contribution in [0.4, 0.5) is 11.4 Å². The predicted octanol–water partition coefficient (Wildman–Crippen LogP) is 5.39. The van der Waals surface area contributed by atoms with Gasteiger partial charge in [-0.05, 0) is 47.9 Å². The highest BCUT2D eigenvalue weighted by molar-refractivity contribution is 6.36. The lowest BCUT2D eigenvalue weighted by molar-refractivity contribution is -0.127. The Kier molecular flexibility index (Phi) is 7.46. The van der Waals surface area contributed by atoms with Gasteiger partial charge in [0.2, 0.25) is 11.9 Å². The second-order valence-electron chi connectivity index (χ2n) is 9.15. The molecule has 2 heterocycles. The Morgan fingerprint density at radius 3 is 2.46 bits per heavy atom. The van der Waals surface area contributed by atoms with Gasteiger partial charge in [-0.1, -0.05) is 72.6 Å². The van der Waals surface area contributed by atoms with E-state index >= 15 is 0 Å². The number of carbonyl (C=O) groups is 2. The molecular weight excluding hydrogens is 509 g/mol. The van der Waals surface area contributed by atoms with Gasteiger partial charge in [-0.2, -0.15) is 4.99 Å². The maximum Gasteiger partial charge on any atom is 0.251 e. The van der Waals surface area contributed by atoms with Crippen molar-refractivity contribution in [2.75, 3.05) is 23.6 Å². The molecule has 2 amide bonds. The quantitative estimate of drug-likeness (QED) is 0.458. The first-order valence-electron chi connectivity index (χ1n) is 12.2. The number of aryl methyl sites for hydroxylation is 1. The van der Waals surface area contributed by atoms with Gasteiger partial charge >= 0.3 is 0 Å². The molecule has 9 heteroatoms. The first-order chi connectivity index (χ1) is 17.9. The van der Waals surface area contributed by atoms with Crippen LogP contribution in [0, 0.1) is 0 Å². The molecule has 7 nitrogen and oxygen atoms in total. The number of anilines is 2. The number of aliphatic imine (C=N–C) groups is 1. The number of fused-ring (bicyclic) bond motifs is 1. The maximum absolute atomic E-state index is 13.5. The topological polar surface area (TPSA) is 68.2 Å². The molecule has 0 spiro atoms. The molecule has 0 unspecified atom stereocenters. The Hall–Kier alpha value is -3.39. The molecule has 37 heavy (non-hydrogen) atoms. The number of hydrogen-bond acceptors (Lipinski definition) is 5. The fraction of sp³-hybridized carbons (Fsp3) is 0.250. The third-order valence-electron chi connectivity index (χ3n) is 6.56. The van der Waals surface area contributed by atoms with Crippen molar-refractivity contribution in [3.63, 3.8) is 0 Å². The SMILES string of the molecule is CCc1ccc(N2CN(Cc3ccccc3)CN3C2=NC(=O)C[C@@H]3C(=O)Nc2ccc(Cl)cc2Cl)cc1. The molecule has 3 aromatic carbocycles. The minimum atomic E-state index is -0.747. The summed E-state index contributed by atoms with van der Waals surface area (Å²) < 4.78 is 0. The van der Waals surface area contributed by atoms with Gasteiger partial charge in [-0.25, -0.2) is 0 Å². The van der Waals surface area contributed by atoms with Crippen molar-refractivity contribution < 1.29 is 9.59 Å². The summed E-state index contributed by atoms with van der Waals surface area (Å²) in [5.41, 5.74) is 3.73. The number of halogens is 2. The number of amides is 2. The van der Waals surface area contributed by atoms with E-state index in [0.29, 0.717) is 41.6 Å². The number of rotatable bonds is 6. The Morgan fingerprint density at radius 1 is 1.00 bits per heavy atom. The molecule has 190 valence electrons. The van der Waals surface area contributed by atoms with E-state index in [1.54, 1.807) is 18.2 Å². The molecule has 1 atom stereocenters. The number of benzene rings is 3. The van der Waals surface area contributed by atoms with Crippen LogP contribution in [0.1, 0.15) is 24.5 Å². The van der Waals surface area contributed by atoms with Crippen LogP contribution < -0.4 is 10.2 Å². The second-order valence-corrected chi connectivity index (χ2v) is 10.00. The van der Waals surface area contributed by atoms with Crippen molar-refractivity contribution in [3.8, 4) is 0 Å². The number of nitrogens with one attached hydrogen (secondary N) is 1. The van der Waals surface area contributed by atoms with Gasteiger partial charge in [0, 0.05) is 17.3 Å². The van der Waals surface area contributed by atoms with E-state index < -0.39 is 6.04 Å². The standard InChI is InChI=1S/C28H27Cl2N5O2/c1-2-19-8-11-22(12-9-19)34-17-33(16-20-6-4-3-5-7-20)18-35-25(15-26(36)32-28(34)35)27(37)31-24-13-10-21(29)14-23(24)30/h3-14,25H,2,15-18H2,1H3,(H,31,37)/t25-/m1/s1. The molecule has 0 bridgehead atoms. The van der Waals surface area contributed by atoms with Crippen LogP contribution in [0.5, 0.6) is 0 Å². The van der Waals surface area contributed by atoms with E-state index in [1.807, 2.05) is 40.1 Å². The van der Waals surface area contributed by atoms with Crippen LogP contribution >= 0.6 is 23.2 Å². The smallest absolute Gasteiger partial charge is 0.251 e. The van der Waals surface area contributed by atoms with Gasteiger partial charge in [0.1, 0.15) is 6.04 Å². The zero-order valence-electron chi connectivity index (χ0n) is 20.4. The zero-order valence-corrected chi connectivity index (χ0v) is 21.9. The van der Waals surface area contributed by atoms with E-state index in [4.69, 9.17) is 23.2 Å². The lowest BCUT2D eigenvalue weighted by Gasteiger charge is -2.48. The van der Waals surface area contributed by atoms with Gasteiger partial charge in [-0.3, -0.25) is 19.4 Å². The highest BCUT2D eigenvalue weighted by Crippen LogP contribution is 2.29. The Labute approximate surface area is 226 Å². The summed E-state index contributed by atoms with van der Waals surface area (Å²) in [7, 11) is 0. The van der Waals surface area contributed by atoms with Crippen LogP contribution in [0.15, 0.2) is 77.8 Å². The average Bonchev–Trinajstić information content (AvgIpc) is 2.90. The first-order valence-corrected chi connectivity index (χ1v) is 12.9. The van der Waals surface area contributed by atoms with Gasteiger partial charge in [0.15, 0.2) is 0 Å². The molecule has 2 aliphatic heterocycles. The van der Waals surface area contributed by atoms with Gasteiger partial charge in [0.25, 0.3) is 5.91 Å². The molecule has 0 saturated carbocycles. The van der Waals surface area contributed by atoms with Crippen molar-refractivity contribution in [3.05, 3.63) is 94.0 Å². The van der Waals surface area contributed by atoms with Crippen LogP contribution in [-0.4, -0.2) is 47.0 Å². The molecule has 2 aliphatic rings. The normalized spacial score (nSPS) is 17.9. The Balaban J connectivity index is 1.47. The molecule has 0 aromatic heterocycles. The summed E-state index contributed by atoms with van der Waals surface area (Å²) in [6.07, 6.45) is 0.907. The zero-order chi connectivity index (χ0) is 25.9. The third-order valence-corrected chi connectivity index (χ3v) is 7.11. The Bertz CT molecular complexity index is 1330. The number of guanidine groups is 1. The van der Waals surface area contributed by atoms with E-state index in [0.717, 1.165) is 17.7 Å². The van der Waals surface area contributed by atoms with Crippen molar-refractivity contribution in [2.45, 2.75) is 32.4 Å². The summed E-state index contributed by atoms with van der Waals surface area (Å²) >= 11 is 12.3. The molecule has 3 aromatic rings. The van der Waals surface area contributed by atoms with Crippen LogP contribution in [-0.2, 0) is 22.6 Å². The minimum absolute atomic E-state index is 0.0255. The third kappa shape index (κ3) is 5.64. The van der Waals surface area contributed by atoms with Crippen molar-refractivity contribution in [2.24, 2.45) is 4.99 Å². The molecule has 1 fully saturated rings. The van der Waals surface area contributed by atoms with Gasteiger partial charge < -0.3 is 10.2 Å². The lowest BCUT2D eigenvalue weighted by atomic mass is 10.1. The molecule has 1 N–H and O–H groups in total. The summed E-state index contributed by atoms with van der Waals surface area (Å²) in [6, 6.07) is 22.5. The fourth-order valence-electron chi connectivity index (χ4n) is 4.63. The van der Waals surface area contributed by atoms with Crippen LogP contribution in [0.3, 0.4) is 0 Å². The highest BCUT2D eigenvalue weighted by atomic mass is 35.5. The van der Waals surface area contributed by atoms with Crippen LogP contribution in [0.25, 0.3) is 0 Å². The van der Waals surface area contributed by atoms with Crippen molar-refractivity contribution in [1.29, 1.82) is 0 Å². The van der Waals surface area contributed by atoms with Crippen LogP contribution in [0.2, 0.25) is 10.0 Å². The highest BCUT2D eigenvalue weighted by Gasteiger charge is 2.41.